The maximum Gasteiger partial charge on any atom is 0.287 e. The Kier molecular flexibility index (Phi) is 4.74. The van der Waals surface area contributed by atoms with Gasteiger partial charge in [0.05, 0.1) is 11.0 Å². The molecule has 0 aromatic heterocycles. The molecule has 2 unspecified atom stereocenters. The van der Waals surface area contributed by atoms with Crippen LogP contribution < -0.4 is 5.32 Å². The number of aliphatic hydroxyl groups excluding tert-OH is 2. The molecule has 1 rings (SSSR count). The molecule has 96 valence electrons. The Bertz CT molecular complexity index is 484. The average molecular weight is 251 g/mol. The van der Waals surface area contributed by atoms with E-state index in [2.05, 4.69) is 5.32 Å². The number of hydrogen-bond donors (Lipinski definition) is 3. The molecular weight excluding hydrogens is 238 g/mol. The van der Waals surface area contributed by atoms with E-state index in [1.165, 1.54) is 12.1 Å². The third kappa shape index (κ3) is 3.01. The van der Waals surface area contributed by atoms with Gasteiger partial charge in [0, 0.05) is 12.6 Å². The number of nitro groups is 1. The molecule has 0 aliphatic carbocycles. The smallest absolute Gasteiger partial charge is 0.287 e. The van der Waals surface area contributed by atoms with Crippen LogP contribution >= 0.6 is 0 Å². The first-order valence-corrected chi connectivity index (χ1v) is 5.20. The fraction of sp³-hybridized carbons (Fsp3) is 0.364. The van der Waals surface area contributed by atoms with Gasteiger partial charge in [0.1, 0.15) is 17.7 Å². The van der Waals surface area contributed by atoms with Crippen LogP contribution in [0.4, 0.5) is 5.69 Å². The Balaban J connectivity index is 3.09. The van der Waals surface area contributed by atoms with Crippen molar-refractivity contribution in [1.82, 2.24) is 5.32 Å². The lowest BCUT2D eigenvalue weighted by molar-refractivity contribution is -0.385. The highest BCUT2D eigenvalue weighted by Gasteiger charge is 2.22. The molecule has 7 heteroatoms. The second-order valence-corrected chi connectivity index (χ2v) is 3.72. The molecule has 1 aromatic carbocycles. The van der Waals surface area contributed by atoms with Gasteiger partial charge < -0.3 is 15.5 Å². The van der Waals surface area contributed by atoms with E-state index in [0.29, 0.717) is 0 Å². The second-order valence-electron chi connectivity index (χ2n) is 3.72. The van der Waals surface area contributed by atoms with Gasteiger partial charge in [-0.2, -0.15) is 5.26 Å². The number of nitro benzene ring substituents is 1. The van der Waals surface area contributed by atoms with E-state index in [4.69, 9.17) is 5.26 Å². The minimum absolute atomic E-state index is 0.0842. The Morgan fingerprint density at radius 2 is 2.22 bits per heavy atom. The molecule has 2 atom stereocenters. The summed E-state index contributed by atoms with van der Waals surface area (Å²) in [5, 5.41) is 41.5. The highest BCUT2D eigenvalue weighted by Crippen LogP contribution is 2.25. The van der Waals surface area contributed by atoms with E-state index in [0.717, 1.165) is 6.07 Å². The van der Waals surface area contributed by atoms with Crippen molar-refractivity contribution in [2.45, 2.75) is 12.2 Å². The molecule has 3 N–H and O–H groups in total. The van der Waals surface area contributed by atoms with E-state index < -0.39 is 17.1 Å². The molecule has 0 bridgehead atoms. The van der Waals surface area contributed by atoms with E-state index in [9.17, 15) is 20.3 Å². The monoisotopic (exact) mass is 251 g/mol. The summed E-state index contributed by atoms with van der Waals surface area (Å²) in [4.78, 5) is 10.1. The van der Waals surface area contributed by atoms with Gasteiger partial charge in [-0.25, -0.2) is 0 Å². The van der Waals surface area contributed by atoms with Gasteiger partial charge >= 0.3 is 0 Å². The molecule has 0 saturated heterocycles. The van der Waals surface area contributed by atoms with Gasteiger partial charge in [-0.15, -0.1) is 0 Å². The lowest BCUT2D eigenvalue weighted by Gasteiger charge is -2.17. The predicted octanol–water partition coefficient (Wildman–Crippen LogP) is 0.0802. The predicted molar refractivity (Wildman–Crippen MR) is 62.7 cm³/mol. The van der Waals surface area contributed by atoms with Gasteiger partial charge in [0.2, 0.25) is 0 Å². The molecule has 0 amide bonds. The first-order chi connectivity index (χ1) is 8.51. The quantitative estimate of drug-likeness (QED) is 0.503. The van der Waals surface area contributed by atoms with Crippen LogP contribution in [0.15, 0.2) is 18.2 Å². The number of nitrogens with zero attached hydrogens (tertiary/aromatic N) is 2. The van der Waals surface area contributed by atoms with Gasteiger partial charge in [0.25, 0.3) is 5.69 Å². The van der Waals surface area contributed by atoms with Crippen molar-refractivity contribution >= 4 is 5.69 Å². The standard InChI is InChI=1S/C11H13N3O4/c1-13-6-10(15)11(16)7-2-3-8(5-12)9(4-7)14(17)18/h2-4,10-11,13,15-16H,6H2,1H3. The van der Waals surface area contributed by atoms with Crippen molar-refractivity contribution in [3.63, 3.8) is 0 Å². The minimum Gasteiger partial charge on any atom is -0.389 e. The zero-order chi connectivity index (χ0) is 13.7. The summed E-state index contributed by atoms with van der Waals surface area (Å²) in [6.07, 6.45) is -2.33. The summed E-state index contributed by atoms with van der Waals surface area (Å²) < 4.78 is 0. The van der Waals surface area contributed by atoms with Crippen LogP contribution in [-0.2, 0) is 0 Å². The number of likely N-dealkylation sites (N-methyl/N-ethyl adjacent to an activating group) is 1. The Labute approximate surface area is 103 Å². The largest absolute Gasteiger partial charge is 0.389 e. The topological polar surface area (TPSA) is 119 Å². The zero-order valence-corrected chi connectivity index (χ0v) is 9.70. The molecule has 0 aliphatic heterocycles. The van der Waals surface area contributed by atoms with Crippen molar-refractivity contribution in [2.75, 3.05) is 13.6 Å². The van der Waals surface area contributed by atoms with Crippen molar-refractivity contribution < 1.29 is 15.1 Å². The summed E-state index contributed by atoms with van der Waals surface area (Å²) in [7, 11) is 1.61. The Hall–Kier alpha value is -2.01. The fourth-order valence-electron chi connectivity index (χ4n) is 1.52. The van der Waals surface area contributed by atoms with Crippen LogP contribution in [0.1, 0.15) is 17.2 Å². The highest BCUT2D eigenvalue weighted by atomic mass is 16.6. The lowest BCUT2D eigenvalue weighted by Crippen LogP contribution is -2.29. The van der Waals surface area contributed by atoms with Gasteiger partial charge in [-0.1, -0.05) is 6.07 Å². The van der Waals surface area contributed by atoms with Crippen molar-refractivity contribution in [3.8, 4) is 6.07 Å². The molecular formula is C11H13N3O4. The maximum atomic E-state index is 10.7. The Morgan fingerprint density at radius 1 is 1.56 bits per heavy atom. The summed E-state index contributed by atoms with van der Waals surface area (Å²) in [5.74, 6) is 0. The number of rotatable bonds is 5. The van der Waals surface area contributed by atoms with E-state index in [1.807, 2.05) is 0 Å². The van der Waals surface area contributed by atoms with E-state index in [1.54, 1.807) is 13.1 Å². The van der Waals surface area contributed by atoms with Crippen LogP contribution in [0.2, 0.25) is 0 Å². The van der Waals surface area contributed by atoms with Crippen LogP contribution in [0.25, 0.3) is 0 Å². The summed E-state index contributed by atoms with van der Waals surface area (Å²) in [6, 6.07) is 5.44. The second kappa shape index (κ2) is 6.07. The van der Waals surface area contributed by atoms with Crippen molar-refractivity contribution in [2.24, 2.45) is 0 Å². The van der Waals surface area contributed by atoms with Crippen LogP contribution in [0.3, 0.4) is 0 Å². The number of nitrogens with one attached hydrogen (secondary N) is 1. The number of benzene rings is 1. The first kappa shape index (κ1) is 14.1. The van der Waals surface area contributed by atoms with Crippen LogP contribution in [0.5, 0.6) is 0 Å². The van der Waals surface area contributed by atoms with Gasteiger partial charge in [-0.05, 0) is 18.7 Å². The lowest BCUT2D eigenvalue weighted by atomic mass is 10.0. The molecule has 0 aliphatic rings. The zero-order valence-electron chi connectivity index (χ0n) is 9.70. The Morgan fingerprint density at radius 3 is 2.72 bits per heavy atom. The number of nitriles is 1. The average Bonchev–Trinajstić information content (AvgIpc) is 2.37. The van der Waals surface area contributed by atoms with Crippen molar-refractivity contribution in [3.05, 3.63) is 39.4 Å². The van der Waals surface area contributed by atoms with E-state index in [-0.39, 0.29) is 23.4 Å². The summed E-state index contributed by atoms with van der Waals surface area (Å²) >= 11 is 0. The molecule has 0 radical (unpaired) electrons. The fourth-order valence-corrected chi connectivity index (χ4v) is 1.52. The third-order valence-corrected chi connectivity index (χ3v) is 2.46. The SMILES string of the molecule is CNCC(O)C(O)c1ccc(C#N)c([N+](=O)[O-])c1. The third-order valence-electron chi connectivity index (χ3n) is 2.46. The molecule has 18 heavy (non-hydrogen) atoms. The maximum absolute atomic E-state index is 10.7. The van der Waals surface area contributed by atoms with Crippen molar-refractivity contribution in [1.29, 1.82) is 5.26 Å². The van der Waals surface area contributed by atoms with Gasteiger partial charge in [0.15, 0.2) is 0 Å². The summed E-state index contributed by atoms with van der Waals surface area (Å²) in [6.45, 7) is 0.148. The first-order valence-electron chi connectivity index (χ1n) is 5.20. The minimum atomic E-state index is -1.25. The highest BCUT2D eigenvalue weighted by molar-refractivity contribution is 5.50. The molecule has 1 aromatic rings. The van der Waals surface area contributed by atoms with Crippen LogP contribution in [-0.4, -0.2) is 34.8 Å². The summed E-state index contributed by atoms with van der Waals surface area (Å²) in [5.41, 5.74) is -0.270. The molecule has 0 heterocycles. The number of aliphatic hydroxyl groups is 2. The van der Waals surface area contributed by atoms with E-state index >= 15 is 0 Å². The molecule has 7 nitrogen and oxygen atoms in total. The molecule has 0 spiro atoms. The normalized spacial score (nSPS) is 13.7. The van der Waals surface area contributed by atoms with Crippen LogP contribution in [0, 0.1) is 21.4 Å². The molecule has 0 fully saturated rings. The molecule has 0 saturated carbocycles. The van der Waals surface area contributed by atoms with Gasteiger partial charge in [-0.3, -0.25) is 10.1 Å². The number of hydrogen-bond acceptors (Lipinski definition) is 6.